The Bertz CT molecular complexity index is 1080. The number of anilines is 1. The highest BCUT2D eigenvalue weighted by Gasteiger charge is 2.55. The van der Waals surface area contributed by atoms with Gasteiger partial charge in [-0.05, 0) is 42.7 Å². The van der Waals surface area contributed by atoms with Crippen LogP contribution >= 0.6 is 0 Å². The van der Waals surface area contributed by atoms with Gasteiger partial charge in [0.1, 0.15) is 18.0 Å². The number of ether oxygens (including phenoxy) is 2. The van der Waals surface area contributed by atoms with Gasteiger partial charge < -0.3 is 19.7 Å². The van der Waals surface area contributed by atoms with Crippen molar-refractivity contribution in [3.05, 3.63) is 53.6 Å². The zero-order valence-corrected chi connectivity index (χ0v) is 17.2. The fraction of sp³-hybridized carbons (Fsp3) is 0.348. The Hall–Kier alpha value is -3.55. The number of methoxy groups -OCH3 is 1. The molecule has 1 saturated heterocycles. The van der Waals surface area contributed by atoms with Crippen LogP contribution in [0.3, 0.4) is 0 Å². The summed E-state index contributed by atoms with van der Waals surface area (Å²) in [5.41, 5.74) is 1.27. The van der Waals surface area contributed by atoms with Crippen molar-refractivity contribution < 1.29 is 23.9 Å². The van der Waals surface area contributed by atoms with Gasteiger partial charge in [-0.3, -0.25) is 14.5 Å². The molecule has 0 aliphatic carbocycles. The van der Waals surface area contributed by atoms with E-state index in [0.717, 1.165) is 34.7 Å². The van der Waals surface area contributed by atoms with E-state index in [1.54, 1.807) is 30.2 Å². The third-order valence-corrected chi connectivity index (χ3v) is 6.26. The van der Waals surface area contributed by atoms with Crippen LogP contribution < -0.4 is 19.7 Å². The van der Waals surface area contributed by atoms with E-state index in [1.165, 1.54) is 0 Å². The first-order valence-corrected chi connectivity index (χ1v) is 10.4. The summed E-state index contributed by atoms with van der Waals surface area (Å²) < 4.78 is 10.9. The smallest absolute Gasteiger partial charge is 0.325 e. The van der Waals surface area contributed by atoms with E-state index in [4.69, 9.17) is 9.47 Å². The molecular formula is C23H23N3O5. The topological polar surface area (TPSA) is 88.2 Å². The summed E-state index contributed by atoms with van der Waals surface area (Å²) in [5, 5.41) is 2.84. The van der Waals surface area contributed by atoms with E-state index < -0.39 is 17.5 Å². The first kappa shape index (κ1) is 19.4. The molecule has 2 aromatic carbocycles. The van der Waals surface area contributed by atoms with E-state index in [9.17, 15) is 14.4 Å². The second-order valence-corrected chi connectivity index (χ2v) is 7.96. The monoisotopic (exact) mass is 421 g/mol. The van der Waals surface area contributed by atoms with Crippen molar-refractivity contribution in [2.45, 2.75) is 24.8 Å². The lowest BCUT2D eigenvalue weighted by molar-refractivity contribution is -0.135. The van der Waals surface area contributed by atoms with Crippen LogP contribution in [0.4, 0.5) is 10.5 Å². The van der Waals surface area contributed by atoms with Gasteiger partial charge in [0.25, 0.3) is 5.91 Å². The van der Waals surface area contributed by atoms with E-state index in [2.05, 4.69) is 5.32 Å². The minimum absolute atomic E-state index is 0.285. The second-order valence-electron chi connectivity index (χ2n) is 7.96. The number of amides is 4. The molecule has 3 aliphatic heterocycles. The number of carbonyl (C=O) groups excluding carboxylic acids is 3. The molecule has 0 bridgehead atoms. The van der Waals surface area contributed by atoms with Gasteiger partial charge in [-0.25, -0.2) is 4.79 Å². The molecule has 0 aromatic heterocycles. The van der Waals surface area contributed by atoms with Crippen molar-refractivity contribution in [3.63, 3.8) is 0 Å². The van der Waals surface area contributed by atoms with Crippen LogP contribution in [0, 0.1) is 0 Å². The number of hydrogen-bond acceptors (Lipinski definition) is 5. The molecule has 160 valence electrons. The summed E-state index contributed by atoms with van der Waals surface area (Å²) in [6.07, 6.45) is 1.98. The number of nitrogens with zero attached hydrogens (tertiary/aromatic N) is 2. The largest absolute Gasteiger partial charge is 0.497 e. The molecule has 31 heavy (non-hydrogen) atoms. The van der Waals surface area contributed by atoms with Crippen LogP contribution in [0.25, 0.3) is 0 Å². The maximum Gasteiger partial charge on any atom is 0.325 e. The molecule has 8 nitrogen and oxygen atoms in total. The quantitative estimate of drug-likeness (QED) is 0.768. The third-order valence-electron chi connectivity index (χ3n) is 6.26. The molecule has 0 saturated carbocycles. The van der Waals surface area contributed by atoms with Gasteiger partial charge in [0.15, 0.2) is 5.54 Å². The average molecular weight is 421 g/mol. The van der Waals surface area contributed by atoms with Crippen molar-refractivity contribution in [1.82, 2.24) is 10.2 Å². The Morgan fingerprint density at radius 3 is 2.90 bits per heavy atom. The number of aryl methyl sites for hydroxylation is 1. The standard InChI is InChI=1S/C23H23N3O5/c1-30-16-8-9-18-15(13-16)5-4-11-25(18)20(27)14-26-21(28)23(24-22(26)29)10-12-31-19-7-3-2-6-17(19)23/h2-3,6-9,13H,4-5,10-12,14H2,1H3,(H,24,29). The van der Waals surface area contributed by atoms with Crippen LogP contribution in [-0.2, 0) is 21.5 Å². The zero-order chi connectivity index (χ0) is 21.6. The number of imide groups is 1. The Labute approximate surface area is 179 Å². The van der Waals surface area contributed by atoms with Gasteiger partial charge in [0.05, 0.1) is 13.7 Å². The van der Waals surface area contributed by atoms with Crippen LogP contribution in [-0.4, -0.2) is 49.6 Å². The highest BCUT2D eigenvalue weighted by atomic mass is 16.5. The first-order chi connectivity index (χ1) is 15.0. The van der Waals surface area contributed by atoms with Crippen molar-refractivity contribution in [2.24, 2.45) is 0 Å². The predicted octanol–water partition coefficient (Wildman–Crippen LogP) is 2.20. The van der Waals surface area contributed by atoms with Crippen LogP contribution in [0.5, 0.6) is 11.5 Å². The van der Waals surface area contributed by atoms with Gasteiger partial charge >= 0.3 is 6.03 Å². The Morgan fingerprint density at radius 2 is 2.06 bits per heavy atom. The molecule has 3 aliphatic rings. The van der Waals surface area contributed by atoms with Gasteiger partial charge in [0.2, 0.25) is 5.91 Å². The molecule has 5 rings (SSSR count). The number of rotatable bonds is 3. The Balaban J connectivity index is 1.40. The summed E-state index contributed by atoms with van der Waals surface area (Å²) in [5.74, 6) is 0.623. The molecule has 8 heteroatoms. The fourth-order valence-electron chi connectivity index (χ4n) is 4.70. The average Bonchev–Trinajstić information content (AvgIpc) is 3.03. The number of fused-ring (bicyclic) bond motifs is 3. The van der Waals surface area contributed by atoms with Crippen LogP contribution in [0.1, 0.15) is 24.0 Å². The van der Waals surface area contributed by atoms with Gasteiger partial charge in [0, 0.05) is 24.2 Å². The lowest BCUT2D eigenvalue weighted by Crippen LogP contribution is -2.48. The predicted molar refractivity (Wildman–Crippen MR) is 112 cm³/mol. The number of hydrogen-bond donors (Lipinski definition) is 1. The molecular weight excluding hydrogens is 398 g/mol. The summed E-state index contributed by atoms with van der Waals surface area (Å²) in [4.78, 5) is 42.0. The third kappa shape index (κ3) is 3.01. The Kier molecular flexibility index (Phi) is 4.57. The lowest BCUT2D eigenvalue weighted by atomic mass is 9.84. The molecule has 4 amide bonds. The van der Waals surface area contributed by atoms with Crippen LogP contribution in [0.2, 0.25) is 0 Å². The molecule has 0 radical (unpaired) electrons. The maximum atomic E-state index is 13.4. The second kappa shape index (κ2) is 7.30. The molecule has 2 aromatic rings. The van der Waals surface area contributed by atoms with Gasteiger partial charge in [-0.2, -0.15) is 0 Å². The highest BCUT2D eigenvalue weighted by molar-refractivity contribution is 6.11. The summed E-state index contributed by atoms with van der Waals surface area (Å²) in [6.45, 7) is 0.552. The maximum absolute atomic E-state index is 13.4. The molecule has 3 heterocycles. The summed E-state index contributed by atoms with van der Waals surface area (Å²) in [6, 6.07) is 12.2. The normalized spacial score (nSPS) is 22.0. The number of benzene rings is 2. The Morgan fingerprint density at radius 1 is 1.23 bits per heavy atom. The van der Waals surface area contributed by atoms with E-state index in [1.807, 2.05) is 24.3 Å². The lowest BCUT2D eigenvalue weighted by Gasteiger charge is -2.33. The summed E-state index contributed by atoms with van der Waals surface area (Å²) >= 11 is 0. The molecule has 1 atom stereocenters. The molecule has 1 N–H and O–H groups in total. The van der Waals surface area contributed by atoms with Gasteiger partial charge in [-0.1, -0.05) is 18.2 Å². The minimum Gasteiger partial charge on any atom is -0.497 e. The first-order valence-electron chi connectivity index (χ1n) is 10.4. The number of urea groups is 1. The minimum atomic E-state index is -1.18. The SMILES string of the molecule is COc1ccc2c(c1)CCCN2C(=O)CN1C(=O)NC2(CCOc3ccccc32)C1=O. The van der Waals surface area contributed by atoms with Crippen LogP contribution in [0.15, 0.2) is 42.5 Å². The van der Waals surface area contributed by atoms with Crippen molar-refractivity contribution >= 4 is 23.5 Å². The molecule has 1 spiro atoms. The number of carbonyl (C=O) groups is 3. The van der Waals surface area contributed by atoms with Crippen molar-refractivity contribution in [2.75, 3.05) is 31.7 Å². The molecule has 1 fully saturated rings. The van der Waals surface area contributed by atoms with Crippen molar-refractivity contribution in [1.29, 1.82) is 0 Å². The highest BCUT2D eigenvalue weighted by Crippen LogP contribution is 2.41. The van der Waals surface area contributed by atoms with E-state index in [-0.39, 0.29) is 12.5 Å². The van der Waals surface area contributed by atoms with Gasteiger partial charge in [-0.15, -0.1) is 0 Å². The number of nitrogens with one attached hydrogen (secondary N) is 1. The van der Waals surface area contributed by atoms with Crippen molar-refractivity contribution in [3.8, 4) is 11.5 Å². The summed E-state index contributed by atoms with van der Waals surface area (Å²) in [7, 11) is 1.61. The number of para-hydroxylation sites is 1. The zero-order valence-electron chi connectivity index (χ0n) is 17.2. The van der Waals surface area contributed by atoms with E-state index >= 15 is 0 Å². The molecule has 1 unspecified atom stereocenters. The van der Waals surface area contributed by atoms with E-state index in [0.29, 0.717) is 30.9 Å². The fourth-order valence-corrected chi connectivity index (χ4v) is 4.70.